The summed E-state index contributed by atoms with van der Waals surface area (Å²) in [4.78, 5) is 16.2. The van der Waals surface area contributed by atoms with E-state index in [0.29, 0.717) is 16.7 Å². The predicted octanol–water partition coefficient (Wildman–Crippen LogP) is 3.40. The van der Waals surface area contributed by atoms with Crippen molar-refractivity contribution < 1.29 is 22.7 Å². The van der Waals surface area contributed by atoms with E-state index in [4.69, 9.17) is 4.42 Å². The largest absolute Gasteiger partial charge is 0.461 e. The molecule has 3 rings (SSSR count). The normalized spacial score (nSPS) is 10.8. The van der Waals surface area contributed by atoms with E-state index in [1.165, 1.54) is 24.5 Å². The lowest BCUT2D eigenvalue weighted by atomic mass is 10.3. The molecule has 0 spiro atoms. The summed E-state index contributed by atoms with van der Waals surface area (Å²) < 4.78 is 34.3. The van der Waals surface area contributed by atoms with Crippen molar-refractivity contribution in [2.24, 2.45) is 0 Å². The molecule has 0 unspecified atom stereocenters. The zero-order chi connectivity index (χ0) is 17.6. The van der Waals surface area contributed by atoms with Crippen molar-refractivity contribution in [2.75, 3.05) is 11.1 Å². The van der Waals surface area contributed by atoms with Gasteiger partial charge in [0.15, 0.2) is 11.6 Å². The molecular weight excluding hydrogens is 354 g/mol. The second-order valence-electron chi connectivity index (χ2n) is 4.66. The van der Waals surface area contributed by atoms with E-state index in [9.17, 15) is 13.6 Å². The van der Waals surface area contributed by atoms with Crippen LogP contribution < -0.4 is 10.1 Å². The Morgan fingerprint density at radius 2 is 2.16 bits per heavy atom. The molecule has 0 saturated heterocycles. The number of nitrogens with zero attached hydrogens (tertiary/aromatic N) is 2. The number of benzene rings is 1. The van der Waals surface area contributed by atoms with Gasteiger partial charge in [0, 0.05) is 0 Å². The summed E-state index contributed by atoms with van der Waals surface area (Å²) in [6.07, 6.45) is 1.51. The Hall–Kier alpha value is -2.88. The minimum atomic E-state index is -2.97. The molecule has 7 nitrogen and oxygen atoms in total. The first-order valence-corrected chi connectivity index (χ1v) is 8.03. The topological polar surface area (TPSA) is 93.0 Å². The molecule has 0 aliphatic heterocycles. The van der Waals surface area contributed by atoms with E-state index in [2.05, 4.69) is 25.2 Å². The maximum atomic E-state index is 12.4. The summed E-state index contributed by atoms with van der Waals surface area (Å²) in [5, 5.41) is 9.55. The molecule has 0 fully saturated rings. The van der Waals surface area contributed by atoms with Crippen molar-refractivity contribution in [3.63, 3.8) is 0 Å². The summed E-state index contributed by atoms with van der Waals surface area (Å²) in [5.41, 5.74) is 0.166. The molecule has 2 aromatic heterocycles. The van der Waals surface area contributed by atoms with Gasteiger partial charge in [-0.25, -0.2) is 0 Å². The number of hydrogen-bond donors (Lipinski definition) is 2. The van der Waals surface area contributed by atoms with Crippen LogP contribution >= 0.6 is 11.8 Å². The first-order valence-electron chi connectivity index (χ1n) is 7.04. The number of furan rings is 1. The van der Waals surface area contributed by atoms with Crippen molar-refractivity contribution in [1.29, 1.82) is 0 Å². The zero-order valence-electron chi connectivity index (χ0n) is 12.6. The van der Waals surface area contributed by atoms with E-state index in [-0.39, 0.29) is 17.2 Å². The van der Waals surface area contributed by atoms with Crippen molar-refractivity contribution in [2.45, 2.75) is 11.8 Å². The fraction of sp³-hybridized carbons (Fsp3) is 0.133. The van der Waals surface area contributed by atoms with Gasteiger partial charge in [0.25, 0.3) is 0 Å². The second kappa shape index (κ2) is 7.79. The number of hydrogen-bond acceptors (Lipinski definition) is 6. The molecule has 2 N–H and O–H groups in total. The Morgan fingerprint density at radius 3 is 2.92 bits per heavy atom. The summed E-state index contributed by atoms with van der Waals surface area (Å²) in [5.74, 6) is 0.470. The average molecular weight is 366 g/mol. The summed E-state index contributed by atoms with van der Waals surface area (Å²) in [7, 11) is 0. The van der Waals surface area contributed by atoms with Gasteiger partial charge in [-0.15, -0.1) is 5.10 Å². The molecule has 0 aliphatic rings. The van der Waals surface area contributed by atoms with E-state index in [1.807, 2.05) is 0 Å². The van der Waals surface area contributed by atoms with E-state index >= 15 is 0 Å². The number of carbonyl (C=O) groups excluding carboxylic acids is 1. The average Bonchev–Trinajstić information content (AvgIpc) is 3.25. The molecule has 0 atom stereocenters. The number of anilines is 1. The number of nitrogens with one attached hydrogen (secondary N) is 2. The Morgan fingerprint density at radius 1 is 1.32 bits per heavy atom. The van der Waals surface area contributed by atoms with Gasteiger partial charge < -0.3 is 14.5 Å². The molecular formula is C15H12F2N4O3S. The Balaban J connectivity index is 1.57. The molecule has 0 bridgehead atoms. The smallest absolute Gasteiger partial charge is 0.387 e. The molecule has 0 saturated carbocycles. The summed E-state index contributed by atoms with van der Waals surface area (Å²) in [6, 6.07) is 9.40. The van der Waals surface area contributed by atoms with Gasteiger partial charge in [-0.2, -0.15) is 13.8 Å². The van der Waals surface area contributed by atoms with Crippen LogP contribution in [0.25, 0.3) is 11.6 Å². The van der Waals surface area contributed by atoms with Crippen LogP contribution in [-0.4, -0.2) is 33.5 Å². The molecule has 25 heavy (non-hydrogen) atoms. The first kappa shape index (κ1) is 17.0. The number of ether oxygens (including phenoxy) is 1. The highest BCUT2D eigenvalue weighted by Crippen LogP contribution is 2.26. The number of halogens is 2. The van der Waals surface area contributed by atoms with Crippen LogP contribution in [0.15, 0.2) is 52.2 Å². The van der Waals surface area contributed by atoms with Gasteiger partial charge in [0.2, 0.25) is 11.1 Å². The third kappa shape index (κ3) is 4.57. The molecule has 10 heteroatoms. The van der Waals surface area contributed by atoms with Crippen LogP contribution in [0, 0.1) is 0 Å². The number of aromatic nitrogens is 3. The fourth-order valence-corrected chi connectivity index (χ4v) is 2.52. The lowest BCUT2D eigenvalue weighted by Crippen LogP contribution is -2.15. The standard InChI is InChI=1S/C15H12F2N4O3S/c16-14(17)24-10-5-2-1-4-9(10)18-12(22)8-25-15-19-13(20-21-15)11-6-3-7-23-11/h1-7,14H,8H2,(H,18,22)(H,19,20,21). The van der Waals surface area contributed by atoms with Crippen LogP contribution in [-0.2, 0) is 4.79 Å². The van der Waals surface area contributed by atoms with Crippen molar-refractivity contribution in [3.8, 4) is 17.3 Å². The molecule has 1 amide bonds. The first-order chi connectivity index (χ1) is 12.1. The fourth-order valence-electron chi connectivity index (χ4n) is 1.92. The van der Waals surface area contributed by atoms with Gasteiger partial charge in [-0.3, -0.25) is 9.89 Å². The van der Waals surface area contributed by atoms with Gasteiger partial charge in [-0.05, 0) is 24.3 Å². The van der Waals surface area contributed by atoms with Crippen LogP contribution in [0.3, 0.4) is 0 Å². The predicted molar refractivity (Wildman–Crippen MR) is 86.5 cm³/mol. The van der Waals surface area contributed by atoms with Gasteiger partial charge in [-0.1, -0.05) is 23.9 Å². The minimum absolute atomic E-state index is 0.00153. The molecule has 0 aliphatic carbocycles. The van der Waals surface area contributed by atoms with E-state index in [1.54, 1.807) is 18.2 Å². The number of H-pyrrole nitrogens is 1. The Labute approximate surface area is 144 Å². The third-order valence-corrected chi connectivity index (χ3v) is 3.78. The third-order valence-electron chi connectivity index (χ3n) is 2.93. The van der Waals surface area contributed by atoms with Gasteiger partial charge in [0.05, 0.1) is 17.7 Å². The number of thioether (sulfide) groups is 1. The number of carbonyl (C=O) groups is 1. The van der Waals surface area contributed by atoms with Crippen molar-refractivity contribution in [1.82, 2.24) is 15.2 Å². The highest BCUT2D eigenvalue weighted by Gasteiger charge is 2.13. The van der Waals surface area contributed by atoms with Crippen LogP contribution in [0.4, 0.5) is 14.5 Å². The number of aromatic amines is 1. The number of alkyl halides is 2. The maximum absolute atomic E-state index is 12.4. The second-order valence-corrected chi connectivity index (χ2v) is 5.60. The van der Waals surface area contributed by atoms with Crippen molar-refractivity contribution >= 4 is 23.4 Å². The molecule has 2 heterocycles. The van der Waals surface area contributed by atoms with Crippen molar-refractivity contribution in [3.05, 3.63) is 42.7 Å². The van der Waals surface area contributed by atoms with Crippen LogP contribution in [0.1, 0.15) is 0 Å². The van der Waals surface area contributed by atoms with Crippen LogP contribution in [0.2, 0.25) is 0 Å². The number of para-hydroxylation sites is 2. The van der Waals surface area contributed by atoms with E-state index < -0.39 is 12.5 Å². The highest BCUT2D eigenvalue weighted by molar-refractivity contribution is 7.99. The number of amides is 1. The summed E-state index contributed by atoms with van der Waals surface area (Å²) in [6.45, 7) is -2.97. The zero-order valence-corrected chi connectivity index (χ0v) is 13.4. The Bertz CT molecular complexity index is 839. The lowest BCUT2D eigenvalue weighted by Gasteiger charge is -2.11. The molecule has 0 radical (unpaired) electrons. The quantitative estimate of drug-likeness (QED) is 0.623. The molecule has 130 valence electrons. The SMILES string of the molecule is O=C(CSc1n[nH]c(-c2ccco2)n1)Nc1ccccc1OC(F)F. The van der Waals surface area contributed by atoms with Gasteiger partial charge >= 0.3 is 6.61 Å². The Kier molecular flexibility index (Phi) is 5.29. The molecule has 3 aromatic rings. The van der Waals surface area contributed by atoms with E-state index in [0.717, 1.165) is 11.8 Å². The minimum Gasteiger partial charge on any atom is -0.461 e. The van der Waals surface area contributed by atoms with Crippen LogP contribution in [0.5, 0.6) is 5.75 Å². The highest BCUT2D eigenvalue weighted by atomic mass is 32.2. The monoisotopic (exact) mass is 366 g/mol. The molecule has 1 aromatic carbocycles. The summed E-state index contributed by atoms with van der Waals surface area (Å²) >= 11 is 1.09. The number of rotatable bonds is 7. The van der Waals surface area contributed by atoms with Gasteiger partial charge in [0.1, 0.15) is 5.75 Å². The lowest BCUT2D eigenvalue weighted by molar-refractivity contribution is -0.113. The maximum Gasteiger partial charge on any atom is 0.387 e.